The summed E-state index contributed by atoms with van der Waals surface area (Å²) in [6.07, 6.45) is 0.928. The molecule has 0 saturated carbocycles. The number of aliphatic imine (C=N–C) groups is 1. The van der Waals surface area contributed by atoms with Crippen molar-refractivity contribution in [3.05, 3.63) is 17.0 Å². The second-order valence-corrected chi connectivity index (χ2v) is 5.22. The van der Waals surface area contributed by atoms with E-state index in [1.165, 1.54) is 11.3 Å². The zero-order valence-electron chi connectivity index (χ0n) is 14.2. The number of nitrogens with zero attached hydrogens (tertiary/aromatic N) is 3. The Bertz CT molecular complexity index is 467. The zero-order valence-corrected chi connectivity index (χ0v) is 14.2. The number of rotatable bonds is 7. The van der Waals surface area contributed by atoms with Gasteiger partial charge in [0.1, 0.15) is 0 Å². The van der Waals surface area contributed by atoms with Gasteiger partial charge in [0.25, 0.3) is 0 Å². The van der Waals surface area contributed by atoms with Crippen molar-refractivity contribution in [3.63, 3.8) is 0 Å². The first-order chi connectivity index (χ1) is 9.99. The van der Waals surface area contributed by atoms with Gasteiger partial charge >= 0.3 is 0 Å². The molecule has 0 aliphatic rings. The van der Waals surface area contributed by atoms with Crippen molar-refractivity contribution < 1.29 is 4.74 Å². The van der Waals surface area contributed by atoms with Gasteiger partial charge in [-0.25, -0.2) is 0 Å². The highest BCUT2D eigenvalue weighted by atomic mass is 16.5. The van der Waals surface area contributed by atoms with Crippen LogP contribution < -0.4 is 10.6 Å². The summed E-state index contributed by atoms with van der Waals surface area (Å²) in [5.74, 6) is 0.807. The Balaban J connectivity index is 2.49. The number of ether oxygens (including phenoxy) is 1. The van der Waals surface area contributed by atoms with Crippen molar-refractivity contribution >= 4 is 5.96 Å². The summed E-state index contributed by atoms with van der Waals surface area (Å²) >= 11 is 0. The molecule has 0 aliphatic carbocycles. The average Bonchev–Trinajstić information content (AvgIpc) is 2.68. The summed E-state index contributed by atoms with van der Waals surface area (Å²) in [6.45, 7) is 10.5. The summed E-state index contributed by atoms with van der Waals surface area (Å²) in [5, 5.41) is 11.1. The normalized spacial score (nSPS) is 13.3. The van der Waals surface area contributed by atoms with E-state index in [1.807, 2.05) is 18.7 Å². The number of aromatic nitrogens is 2. The maximum Gasteiger partial charge on any atom is 0.191 e. The molecule has 6 nitrogen and oxygen atoms in total. The van der Waals surface area contributed by atoms with Crippen molar-refractivity contribution in [2.75, 3.05) is 26.8 Å². The lowest BCUT2D eigenvalue weighted by Gasteiger charge is -2.18. The van der Waals surface area contributed by atoms with Crippen molar-refractivity contribution in [1.29, 1.82) is 0 Å². The summed E-state index contributed by atoms with van der Waals surface area (Å²) in [4.78, 5) is 4.24. The Morgan fingerprint density at radius 3 is 2.67 bits per heavy atom. The number of hydrogen-bond donors (Lipinski definition) is 2. The van der Waals surface area contributed by atoms with E-state index in [1.54, 1.807) is 7.05 Å². The molecule has 0 amide bonds. The minimum absolute atomic E-state index is 0.282. The van der Waals surface area contributed by atoms with Crippen molar-refractivity contribution in [1.82, 2.24) is 20.4 Å². The van der Waals surface area contributed by atoms with Crippen LogP contribution in [0.5, 0.6) is 0 Å². The van der Waals surface area contributed by atoms with Crippen LogP contribution in [0.4, 0.5) is 0 Å². The number of hydrogen-bond acceptors (Lipinski definition) is 3. The van der Waals surface area contributed by atoms with Crippen molar-refractivity contribution in [3.8, 4) is 0 Å². The Morgan fingerprint density at radius 1 is 1.43 bits per heavy atom. The second-order valence-electron chi connectivity index (χ2n) is 5.22. The van der Waals surface area contributed by atoms with Gasteiger partial charge in [0.15, 0.2) is 5.96 Å². The molecule has 6 heteroatoms. The minimum atomic E-state index is 0.282. The lowest BCUT2D eigenvalue weighted by atomic mass is 10.1. The maximum absolute atomic E-state index is 5.31. The van der Waals surface area contributed by atoms with Crippen LogP contribution in [0.25, 0.3) is 0 Å². The molecule has 1 rings (SSSR count). The SMILES string of the molecule is CCOCCNC(=NC)NC(C)Cc1c(C)nn(C)c1C. The highest BCUT2D eigenvalue weighted by Crippen LogP contribution is 2.13. The first-order valence-electron chi connectivity index (χ1n) is 7.53. The molecule has 1 aromatic heterocycles. The molecular formula is C15H29N5O. The van der Waals surface area contributed by atoms with E-state index in [9.17, 15) is 0 Å². The van der Waals surface area contributed by atoms with Gasteiger partial charge in [-0.3, -0.25) is 9.67 Å². The zero-order chi connectivity index (χ0) is 15.8. The molecule has 2 N–H and O–H groups in total. The Kier molecular flexibility index (Phi) is 7.22. The molecule has 0 saturated heterocycles. The third-order valence-electron chi connectivity index (χ3n) is 3.52. The first-order valence-corrected chi connectivity index (χ1v) is 7.53. The molecule has 1 aromatic rings. The van der Waals surface area contributed by atoms with Crippen LogP contribution >= 0.6 is 0 Å². The molecule has 21 heavy (non-hydrogen) atoms. The Hall–Kier alpha value is -1.56. The highest BCUT2D eigenvalue weighted by Gasteiger charge is 2.13. The Labute approximate surface area is 128 Å². The van der Waals surface area contributed by atoms with Crippen LogP contribution in [-0.4, -0.2) is 48.6 Å². The maximum atomic E-state index is 5.31. The molecule has 0 aromatic carbocycles. The summed E-state index contributed by atoms with van der Waals surface area (Å²) in [7, 11) is 3.77. The second kappa shape index (κ2) is 8.67. The van der Waals surface area contributed by atoms with E-state index >= 15 is 0 Å². The topological polar surface area (TPSA) is 63.5 Å². The third-order valence-corrected chi connectivity index (χ3v) is 3.52. The fourth-order valence-electron chi connectivity index (χ4n) is 2.28. The van der Waals surface area contributed by atoms with E-state index in [-0.39, 0.29) is 6.04 Å². The first kappa shape index (κ1) is 17.5. The summed E-state index contributed by atoms with van der Waals surface area (Å²) < 4.78 is 7.24. The number of guanidine groups is 1. The molecule has 120 valence electrons. The number of aryl methyl sites for hydroxylation is 2. The van der Waals surface area contributed by atoms with E-state index in [0.717, 1.165) is 31.2 Å². The Morgan fingerprint density at radius 2 is 2.14 bits per heavy atom. The monoisotopic (exact) mass is 295 g/mol. The average molecular weight is 295 g/mol. The lowest BCUT2D eigenvalue weighted by Crippen LogP contribution is -2.44. The van der Waals surface area contributed by atoms with Gasteiger partial charge < -0.3 is 15.4 Å². The molecule has 0 spiro atoms. The van der Waals surface area contributed by atoms with Gasteiger partial charge in [0, 0.05) is 39.0 Å². The molecule has 0 radical (unpaired) electrons. The van der Waals surface area contributed by atoms with Crippen LogP contribution in [0, 0.1) is 13.8 Å². The molecule has 1 heterocycles. The standard InChI is InChI=1S/C15H29N5O/c1-7-21-9-8-17-15(16-5)18-11(2)10-14-12(3)19-20(6)13(14)4/h11H,7-10H2,1-6H3,(H2,16,17,18). The van der Waals surface area contributed by atoms with Crippen LogP contribution in [0.3, 0.4) is 0 Å². The van der Waals surface area contributed by atoms with Crippen LogP contribution in [-0.2, 0) is 18.2 Å². The van der Waals surface area contributed by atoms with Crippen LogP contribution in [0.15, 0.2) is 4.99 Å². The lowest BCUT2D eigenvalue weighted by molar-refractivity contribution is 0.152. The number of nitrogens with one attached hydrogen (secondary N) is 2. The van der Waals surface area contributed by atoms with Crippen LogP contribution in [0.1, 0.15) is 30.8 Å². The van der Waals surface area contributed by atoms with E-state index in [4.69, 9.17) is 4.74 Å². The van der Waals surface area contributed by atoms with Crippen molar-refractivity contribution in [2.24, 2.45) is 12.0 Å². The van der Waals surface area contributed by atoms with Crippen molar-refractivity contribution in [2.45, 2.75) is 40.2 Å². The van der Waals surface area contributed by atoms with E-state index < -0.39 is 0 Å². The molecule has 0 aliphatic heterocycles. The van der Waals surface area contributed by atoms with Gasteiger partial charge in [-0.1, -0.05) is 0 Å². The fourth-order valence-corrected chi connectivity index (χ4v) is 2.28. The molecule has 0 fully saturated rings. The largest absolute Gasteiger partial charge is 0.380 e. The third kappa shape index (κ3) is 5.38. The fraction of sp³-hybridized carbons (Fsp3) is 0.733. The molecule has 1 unspecified atom stereocenters. The van der Waals surface area contributed by atoms with Gasteiger partial charge in [0.2, 0.25) is 0 Å². The smallest absolute Gasteiger partial charge is 0.191 e. The predicted octanol–water partition coefficient (Wildman–Crippen LogP) is 1.17. The van der Waals surface area contributed by atoms with E-state index in [0.29, 0.717) is 6.61 Å². The van der Waals surface area contributed by atoms with Gasteiger partial charge in [-0.15, -0.1) is 0 Å². The molecule has 0 bridgehead atoms. The predicted molar refractivity (Wildman–Crippen MR) is 86.8 cm³/mol. The summed E-state index contributed by atoms with van der Waals surface area (Å²) in [6, 6.07) is 0.282. The van der Waals surface area contributed by atoms with Gasteiger partial charge in [-0.05, 0) is 39.7 Å². The van der Waals surface area contributed by atoms with E-state index in [2.05, 4.69) is 41.5 Å². The quantitative estimate of drug-likeness (QED) is 0.450. The molecule has 1 atom stereocenters. The van der Waals surface area contributed by atoms with Gasteiger partial charge in [0.05, 0.1) is 12.3 Å². The minimum Gasteiger partial charge on any atom is -0.380 e. The van der Waals surface area contributed by atoms with Gasteiger partial charge in [-0.2, -0.15) is 5.10 Å². The molecular weight excluding hydrogens is 266 g/mol. The summed E-state index contributed by atoms with van der Waals surface area (Å²) in [5.41, 5.74) is 3.63. The highest BCUT2D eigenvalue weighted by molar-refractivity contribution is 5.79. The van der Waals surface area contributed by atoms with Crippen LogP contribution in [0.2, 0.25) is 0 Å².